The van der Waals surface area contributed by atoms with E-state index < -0.39 is 11.9 Å². The summed E-state index contributed by atoms with van der Waals surface area (Å²) in [5, 5.41) is 17.1. The second-order valence-electron chi connectivity index (χ2n) is 5.78. The SMILES string of the molecule is O=C(O)/C=C/C(=O)O.O=C1C=C2CN(Cc3ccc(Cl)cc3)CCC2S1. The molecule has 2 aliphatic rings. The second kappa shape index (κ2) is 9.56. The molecule has 3 rings (SSSR count). The van der Waals surface area contributed by atoms with Crippen molar-refractivity contribution < 1.29 is 24.6 Å². The summed E-state index contributed by atoms with van der Waals surface area (Å²) in [6.45, 7) is 2.91. The molecular formula is C18H18ClNO5S. The lowest BCUT2D eigenvalue weighted by molar-refractivity contribution is -0.134. The van der Waals surface area contributed by atoms with E-state index >= 15 is 0 Å². The van der Waals surface area contributed by atoms with Gasteiger partial charge in [0.05, 0.1) is 0 Å². The van der Waals surface area contributed by atoms with Gasteiger partial charge < -0.3 is 10.2 Å². The Kier molecular flexibility index (Phi) is 7.44. The van der Waals surface area contributed by atoms with E-state index in [1.54, 1.807) is 0 Å². The number of piperidine rings is 1. The van der Waals surface area contributed by atoms with Crippen molar-refractivity contribution in [2.75, 3.05) is 13.1 Å². The number of carboxylic acids is 2. The molecule has 1 aromatic carbocycles. The highest BCUT2D eigenvalue weighted by Gasteiger charge is 2.30. The fourth-order valence-electron chi connectivity index (χ4n) is 2.65. The third-order valence-corrected chi connectivity index (χ3v) is 5.20. The largest absolute Gasteiger partial charge is 0.478 e. The Hall–Kier alpha value is -2.09. The number of likely N-dealkylation sites (tertiary alicyclic amines) is 1. The van der Waals surface area contributed by atoms with Crippen LogP contribution in [0.15, 0.2) is 48.1 Å². The number of carbonyl (C=O) groups is 3. The molecule has 1 aromatic rings. The average molecular weight is 396 g/mol. The van der Waals surface area contributed by atoms with Crippen molar-refractivity contribution >= 4 is 40.4 Å². The number of carboxylic acid groups (broad SMARTS) is 2. The van der Waals surface area contributed by atoms with Gasteiger partial charge in [-0.2, -0.15) is 0 Å². The zero-order chi connectivity index (χ0) is 19.1. The quantitative estimate of drug-likeness (QED) is 0.757. The van der Waals surface area contributed by atoms with E-state index in [-0.39, 0.29) is 5.12 Å². The summed E-state index contributed by atoms with van der Waals surface area (Å²) >= 11 is 7.36. The molecule has 26 heavy (non-hydrogen) atoms. The smallest absolute Gasteiger partial charge is 0.328 e. The first-order valence-electron chi connectivity index (χ1n) is 7.85. The summed E-state index contributed by atoms with van der Waals surface area (Å²) in [7, 11) is 0. The van der Waals surface area contributed by atoms with E-state index in [0.717, 1.165) is 31.1 Å². The lowest BCUT2D eigenvalue weighted by Crippen LogP contribution is -2.35. The zero-order valence-corrected chi connectivity index (χ0v) is 15.4. The second-order valence-corrected chi connectivity index (χ2v) is 7.42. The molecule has 0 spiro atoms. The van der Waals surface area contributed by atoms with Crippen LogP contribution in [0.2, 0.25) is 5.02 Å². The number of fused-ring (bicyclic) bond motifs is 1. The highest BCUT2D eigenvalue weighted by molar-refractivity contribution is 8.15. The predicted octanol–water partition coefficient (Wildman–Crippen LogP) is 2.83. The molecule has 2 aliphatic heterocycles. The monoisotopic (exact) mass is 395 g/mol. The lowest BCUT2D eigenvalue weighted by Gasteiger charge is -2.31. The number of halogens is 1. The Morgan fingerprint density at radius 3 is 2.38 bits per heavy atom. The molecule has 2 heterocycles. The van der Waals surface area contributed by atoms with E-state index in [2.05, 4.69) is 17.0 Å². The minimum Gasteiger partial charge on any atom is -0.478 e. The van der Waals surface area contributed by atoms with Crippen LogP contribution >= 0.6 is 23.4 Å². The highest BCUT2D eigenvalue weighted by atomic mass is 35.5. The molecule has 1 fully saturated rings. The van der Waals surface area contributed by atoms with Gasteiger partial charge in [0.1, 0.15) is 0 Å². The fourth-order valence-corrected chi connectivity index (χ4v) is 3.79. The summed E-state index contributed by atoms with van der Waals surface area (Å²) in [5.74, 6) is -2.51. The van der Waals surface area contributed by atoms with Gasteiger partial charge >= 0.3 is 11.9 Å². The summed E-state index contributed by atoms with van der Waals surface area (Å²) in [6.07, 6.45) is 4.02. The van der Waals surface area contributed by atoms with E-state index in [1.165, 1.54) is 22.9 Å². The molecule has 1 unspecified atom stereocenters. The van der Waals surface area contributed by atoms with Crippen LogP contribution in [0.3, 0.4) is 0 Å². The van der Waals surface area contributed by atoms with Crippen molar-refractivity contribution in [2.45, 2.75) is 18.2 Å². The molecule has 1 saturated heterocycles. The van der Waals surface area contributed by atoms with Crippen molar-refractivity contribution in [3.8, 4) is 0 Å². The molecule has 0 radical (unpaired) electrons. The summed E-state index contributed by atoms with van der Waals surface area (Å²) in [5.41, 5.74) is 2.57. The van der Waals surface area contributed by atoms with E-state index in [0.29, 0.717) is 17.4 Å². The van der Waals surface area contributed by atoms with Crippen molar-refractivity contribution in [1.29, 1.82) is 0 Å². The van der Waals surface area contributed by atoms with Crippen LogP contribution in [0, 0.1) is 0 Å². The maximum atomic E-state index is 11.4. The van der Waals surface area contributed by atoms with Crippen LogP contribution in [0.25, 0.3) is 0 Å². The number of hydrogen-bond donors (Lipinski definition) is 2. The first kappa shape index (κ1) is 20.2. The predicted molar refractivity (Wildman–Crippen MR) is 100 cm³/mol. The first-order chi connectivity index (χ1) is 12.3. The van der Waals surface area contributed by atoms with Gasteiger partial charge in [0.25, 0.3) is 0 Å². The Morgan fingerprint density at radius 2 is 1.81 bits per heavy atom. The molecule has 1 atom stereocenters. The summed E-state index contributed by atoms with van der Waals surface area (Å²) < 4.78 is 0. The third-order valence-electron chi connectivity index (χ3n) is 3.78. The molecule has 6 nitrogen and oxygen atoms in total. The van der Waals surface area contributed by atoms with E-state index in [1.807, 2.05) is 18.2 Å². The molecule has 0 aliphatic carbocycles. The van der Waals surface area contributed by atoms with Gasteiger partial charge in [0.15, 0.2) is 0 Å². The maximum absolute atomic E-state index is 11.4. The Bertz CT molecular complexity index is 728. The molecule has 0 bridgehead atoms. The van der Waals surface area contributed by atoms with Crippen molar-refractivity contribution in [1.82, 2.24) is 4.90 Å². The maximum Gasteiger partial charge on any atom is 0.328 e. The number of hydrogen-bond acceptors (Lipinski definition) is 5. The minimum atomic E-state index is -1.26. The molecule has 2 N–H and O–H groups in total. The van der Waals surface area contributed by atoms with Gasteiger partial charge in [-0.15, -0.1) is 0 Å². The van der Waals surface area contributed by atoms with Crippen LogP contribution in [0.4, 0.5) is 0 Å². The molecule has 0 saturated carbocycles. The molecule has 8 heteroatoms. The topological polar surface area (TPSA) is 94.9 Å². The van der Waals surface area contributed by atoms with E-state index in [4.69, 9.17) is 21.8 Å². The van der Waals surface area contributed by atoms with E-state index in [9.17, 15) is 14.4 Å². The number of rotatable bonds is 4. The lowest BCUT2D eigenvalue weighted by atomic mass is 10.0. The summed E-state index contributed by atoms with van der Waals surface area (Å²) in [6, 6.07) is 7.99. The number of nitrogens with zero attached hydrogens (tertiary/aromatic N) is 1. The summed E-state index contributed by atoms with van der Waals surface area (Å²) in [4.78, 5) is 32.9. The Morgan fingerprint density at radius 1 is 1.19 bits per heavy atom. The van der Waals surface area contributed by atoms with Gasteiger partial charge in [0.2, 0.25) is 5.12 Å². The van der Waals surface area contributed by atoms with Crippen molar-refractivity contribution in [3.63, 3.8) is 0 Å². The van der Waals surface area contributed by atoms with Crippen LogP contribution in [0.5, 0.6) is 0 Å². The molecular weight excluding hydrogens is 378 g/mol. The number of aliphatic carboxylic acids is 2. The number of benzene rings is 1. The number of thioether (sulfide) groups is 1. The van der Waals surface area contributed by atoms with Crippen molar-refractivity contribution in [2.24, 2.45) is 0 Å². The van der Waals surface area contributed by atoms with Crippen LogP contribution in [-0.4, -0.2) is 50.5 Å². The third kappa shape index (κ3) is 6.67. The molecule has 0 aromatic heterocycles. The highest BCUT2D eigenvalue weighted by Crippen LogP contribution is 2.34. The van der Waals surface area contributed by atoms with Crippen LogP contribution in [-0.2, 0) is 20.9 Å². The number of carbonyl (C=O) groups excluding carboxylic acids is 1. The Balaban J connectivity index is 0.000000260. The minimum absolute atomic E-state index is 0.225. The zero-order valence-electron chi connectivity index (χ0n) is 13.8. The molecule has 0 amide bonds. The van der Waals surface area contributed by atoms with Gasteiger partial charge in [-0.1, -0.05) is 35.5 Å². The normalized spacial score (nSPS) is 19.5. The standard InChI is InChI=1S/C14H14ClNOS.C4H4O4/c15-12-3-1-10(2-4-12)8-16-6-5-13-11(9-16)7-14(17)18-13;5-3(6)1-2-4(7)8/h1-4,7,13H,5-6,8-9H2;1-2H,(H,5,6)(H,7,8)/b;2-1+. The van der Waals surface area contributed by atoms with Crippen LogP contribution in [0.1, 0.15) is 12.0 Å². The average Bonchev–Trinajstić information content (AvgIpc) is 2.95. The van der Waals surface area contributed by atoms with Crippen molar-refractivity contribution in [3.05, 3.63) is 58.7 Å². The van der Waals surface area contributed by atoms with Gasteiger partial charge in [-0.05, 0) is 35.8 Å². The van der Waals surface area contributed by atoms with Crippen LogP contribution < -0.4 is 0 Å². The van der Waals surface area contributed by atoms with Gasteiger partial charge in [-0.3, -0.25) is 9.69 Å². The first-order valence-corrected chi connectivity index (χ1v) is 9.11. The fraction of sp³-hybridized carbons (Fsp3) is 0.278. The molecule has 138 valence electrons. The van der Waals surface area contributed by atoms with Gasteiger partial charge in [-0.25, -0.2) is 9.59 Å². The Labute approximate surface area is 160 Å². The van der Waals surface area contributed by atoms with Gasteiger partial charge in [0, 0.05) is 42.1 Å².